The number of carbonyl (C=O) groups excluding carboxylic acids is 3. The van der Waals surface area contributed by atoms with Gasteiger partial charge in [0.2, 0.25) is 17.5 Å². The molecule has 0 aromatic heterocycles. The Hall–Kier alpha value is -3.48. The van der Waals surface area contributed by atoms with E-state index < -0.39 is 23.5 Å². The SMILES string of the molecule is COc1ccc(C2(C3CC(=O)N(c4ccccc4)C3=O)N=C(C(C)C)C(=O)O2)cc1. The Morgan fingerprint density at radius 1 is 1.07 bits per heavy atom. The van der Waals surface area contributed by atoms with E-state index >= 15 is 0 Å². The summed E-state index contributed by atoms with van der Waals surface area (Å²) in [5.74, 6) is -1.89. The van der Waals surface area contributed by atoms with Crippen molar-refractivity contribution >= 4 is 29.2 Å². The molecule has 4 rings (SSSR count). The summed E-state index contributed by atoms with van der Waals surface area (Å²) in [6.07, 6.45) is -0.109. The summed E-state index contributed by atoms with van der Waals surface area (Å²) in [7, 11) is 1.55. The molecule has 30 heavy (non-hydrogen) atoms. The average Bonchev–Trinajstić information content (AvgIpc) is 3.26. The Morgan fingerprint density at radius 2 is 1.73 bits per heavy atom. The van der Waals surface area contributed by atoms with Crippen LogP contribution in [0.4, 0.5) is 5.69 Å². The van der Waals surface area contributed by atoms with Crippen LogP contribution in [0.1, 0.15) is 25.8 Å². The minimum Gasteiger partial charge on any atom is -0.497 e. The molecule has 7 nitrogen and oxygen atoms in total. The van der Waals surface area contributed by atoms with Crippen LogP contribution in [-0.2, 0) is 24.8 Å². The van der Waals surface area contributed by atoms with Crippen molar-refractivity contribution in [3.63, 3.8) is 0 Å². The Labute approximate surface area is 174 Å². The first-order chi connectivity index (χ1) is 14.4. The van der Waals surface area contributed by atoms with E-state index in [9.17, 15) is 14.4 Å². The molecular formula is C23H22N2O5. The molecule has 154 valence electrons. The van der Waals surface area contributed by atoms with Crippen LogP contribution in [0.25, 0.3) is 0 Å². The van der Waals surface area contributed by atoms with Crippen molar-refractivity contribution in [2.24, 2.45) is 16.8 Å². The topological polar surface area (TPSA) is 85.3 Å². The van der Waals surface area contributed by atoms with Gasteiger partial charge in [-0.3, -0.25) is 14.5 Å². The van der Waals surface area contributed by atoms with Crippen LogP contribution in [-0.4, -0.2) is 30.6 Å². The van der Waals surface area contributed by atoms with E-state index in [0.29, 0.717) is 17.0 Å². The molecule has 2 aromatic rings. The molecule has 2 unspecified atom stereocenters. The van der Waals surface area contributed by atoms with Gasteiger partial charge in [0.05, 0.1) is 12.8 Å². The molecule has 0 bridgehead atoms. The maximum Gasteiger partial charge on any atom is 0.355 e. The van der Waals surface area contributed by atoms with Gasteiger partial charge in [0.25, 0.3) is 0 Å². The fourth-order valence-electron chi connectivity index (χ4n) is 3.90. The lowest BCUT2D eigenvalue weighted by molar-refractivity contribution is -0.156. The number of anilines is 1. The predicted octanol–water partition coefficient (Wildman–Crippen LogP) is 3.08. The molecule has 0 aliphatic carbocycles. The summed E-state index contributed by atoms with van der Waals surface area (Å²) in [6, 6.07) is 15.6. The van der Waals surface area contributed by atoms with Crippen molar-refractivity contribution in [1.82, 2.24) is 0 Å². The number of methoxy groups -OCH3 is 1. The Bertz CT molecular complexity index is 1030. The molecule has 7 heteroatoms. The van der Waals surface area contributed by atoms with E-state index in [0.717, 1.165) is 4.90 Å². The number of cyclic esters (lactones) is 1. The quantitative estimate of drug-likeness (QED) is 0.563. The van der Waals surface area contributed by atoms with Gasteiger partial charge in [-0.1, -0.05) is 32.0 Å². The number of hydrogen-bond donors (Lipinski definition) is 0. The summed E-state index contributed by atoms with van der Waals surface area (Å²) in [4.78, 5) is 44.6. The summed E-state index contributed by atoms with van der Waals surface area (Å²) >= 11 is 0. The first-order valence-corrected chi connectivity index (χ1v) is 9.77. The fourth-order valence-corrected chi connectivity index (χ4v) is 3.90. The Balaban J connectivity index is 1.82. The first-order valence-electron chi connectivity index (χ1n) is 9.77. The highest BCUT2D eigenvalue weighted by molar-refractivity contribution is 6.38. The monoisotopic (exact) mass is 406 g/mol. The van der Waals surface area contributed by atoms with Gasteiger partial charge in [-0.15, -0.1) is 0 Å². The number of amides is 2. The molecule has 1 saturated heterocycles. The highest BCUT2D eigenvalue weighted by Gasteiger charge is 2.58. The molecule has 2 aliphatic heterocycles. The molecule has 2 heterocycles. The molecule has 0 N–H and O–H groups in total. The second-order valence-electron chi connectivity index (χ2n) is 7.63. The average molecular weight is 406 g/mol. The number of rotatable bonds is 5. The number of esters is 1. The van der Waals surface area contributed by atoms with Crippen molar-refractivity contribution in [1.29, 1.82) is 0 Å². The van der Waals surface area contributed by atoms with Crippen LogP contribution in [0.15, 0.2) is 59.6 Å². The van der Waals surface area contributed by atoms with Crippen LogP contribution in [0, 0.1) is 11.8 Å². The van der Waals surface area contributed by atoms with E-state index in [1.165, 1.54) is 0 Å². The molecule has 0 radical (unpaired) electrons. The molecule has 0 saturated carbocycles. The largest absolute Gasteiger partial charge is 0.497 e. The summed E-state index contributed by atoms with van der Waals surface area (Å²) in [5.41, 5.74) is -0.325. The number of nitrogens with zero attached hydrogens (tertiary/aromatic N) is 2. The van der Waals surface area contributed by atoms with E-state index in [1.807, 2.05) is 19.9 Å². The minimum absolute atomic E-state index is 0.109. The minimum atomic E-state index is -1.58. The van der Waals surface area contributed by atoms with E-state index in [1.54, 1.807) is 55.6 Å². The number of carbonyl (C=O) groups is 3. The van der Waals surface area contributed by atoms with Gasteiger partial charge in [0, 0.05) is 17.9 Å². The van der Waals surface area contributed by atoms with Gasteiger partial charge < -0.3 is 9.47 Å². The summed E-state index contributed by atoms with van der Waals surface area (Å²) in [5, 5.41) is 0. The zero-order valence-electron chi connectivity index (χ0n) is 17.0. The van der Waals surface area contributed by atoms with Crippen molar-refractivity contribution < 1.29 is 23.9 Å². The number of hydrogen-bond acceptors (Lipinski definition) is 6. The lowest BCUT2D eigenvalue weighted by Gasteiger charge is -2.30. The van der Waals surface area contributed by atoms with Crippen LogP contribution < -0.4 is 9.64 Å². The van der Waals surface area contributed by atoms with Crippen LogP contribution in [0.5, 0.6) is 5.75 Å². The smallest absolute Gasteiger partial charge is 0.355 e. The lowest BCUT2D eigenvalue weighted by atomic mass is 9.87. The third-order valence-electron chi connectivity index (χ3n) is 5.43. The van der Waals surface area contributed by atoms with E-state index in [4.69, 9.17) is 9.47 Å². The highest BCUT2D eigenvalue weighted by Crippen LogP contribution is 2.46. The zero-order valence-corrected chi connectivity index (χ0v) is 17.0. The van der Waals surface area contributed by atoms with Crippen LogP contribution in [0.3, 0.4) is 0 Å². The number of benzene rings is 2. The molecule has 2 aromatic carbocycles. The number of imide groups is 1. The second-order valence-corrected chi connectivity index (χ2v) is 7.63. The highest BCUT2D eigenvalue weighted by atomic mass is 16.6. The van der Waals surface area contributed by atoms with Gasteiger partial charge in [0.15, 0.2) is 0 Å². The Kier molecular flexibility index (Phi) is 4.89. The van der Waals surface area contributed by atoms with Gasteiger partial charge in [0.1, 0.15) is 17.4 Å². The number of aliphatic imine (C=N–C) groups is 1. The van der Waals surface area contributed by atoms with Gasteiger partial charge >= 0.3 is 5.97 Å². The lowest BCUT2D eigenvalue weighted by Crippen LogP contribution is -2.40. The molecular weight excluding hydrogens is 384 g/mol. The van der Waals surface area contributed by atoms with Crippen molar-refractivity contribution in [2.75, 3.05) is 12.0 Å². The summed E-state index contributed by atoms with van der Waals surface area (Å²) < 4.78 is 11.0. The van der Waals surface area contributed by atoms with Crippen molar-refractivity contribution in [3.8, 4) is 5.75 Å². The molecule has 2 aliphatic rings. The molecule has 1 fully saturated rings. The van der Waals surface area contributed by atoms with Crippen LogP contribution >= 0.6 is 0 Å². The van der Waals surface area contributed by atoms with Gasteiger partial charge in [-0.05, 0) is 36.4 Å². The Morgan fingerprint density at radius 3 is 2.30 bits per heavy atom. The summed E-state index contributed by atoms with van der Waals surface area (Å²) in [6.45, 7) is 3.67. The molecule has 2 amide bonds. The van der Waals surface area contributed by atoms with Crippen molar-refractivity contribution in [3.05, 3.63) is 60.2 Å². The van der Waals surface area contributed by atoms with Gasteiger partial charge in [-0.2, -0.15) is 0 Å². The number of ether oxygens (including phenoxy) is 2. The third-order valence-corrected chi connectivity index (χ3v) is 5.43. The standard InChI is InChI=1S/C23H22N2O5/c1-14(2)20-22(28)30-23(24-20,15-9-11-17(29-3)12-10-15)18-13-19(26)25(21(18)27)16-7-5-4-6-8-16/h4-12,14,18H,13H2,1-3H3. The third kappa shape index (κ3) is 3.07. The van der Waals surface area contributed by atoms with Crippen LogP contribution in [0.2, 0.25) is 0 Å². The van der Waals surface area contributed by atoms with E-state index in [-0.39, 0.29) is 24.0 Å². The fraction of sp³-hybridized carbons (Fsp3) is 0.304. The molecule has 2 atom stereocenters. The van der Waals surface area contributed by atoms with Gasteiger partial charge in [-0.25, -0.2) is 9.79 Å². The zero-order chi connectivity index (χ0) is 21.5. The second kappa shape index (κ2) is 7.40. The maximum absolute atomic E-state index is 13.4. The normalized spacial score (nSPS) is 23.7. The van der Waals surface area contributed by atoms with Crippen molar-refractivity contribution in [2.45, 2.75) is 26.0 Å². The van der Waals surface area contributed by atoms with E-state index in [2.05, 4.69) is 4.99 Å². The predicted molar refractivity (Wildman–Crippen MR) is 110 cm³/mol. The maximum atomic E-state index is 13.4. The number of para-hydroxylation sites is 1. The first kappa shape index (κ1) is 19.8. The molecule has 0 spiro atoms.